The van der Waals surface area contributed by atoms with Gasteiger partial charge in [-0.2, -0.15) is 0 Å². The van der Waals surface area contributed by atoms with Crippen molar-refractivity contribution in [3.63, 3.8) is 0 Å². The number of benzene rings is 1. The number of hydrogen-bond donors (Lipinski definition) is 1. The minimum Gasteiger partial charge on any atom is -0.491 e. The monoisotopic (exact) mass is 262 g/mol. The van der Waals surface area contributed by atoms with Gasteiger partial charge in [0.1, 0.15) is 5.75 Å². The molecule has 0 saturated heterocycles. The summed E-state index contributed by atoms with van der Waals surface area (Å²) in [6, 6.07) is 8.37. The van der Waals surface area contributed by atoms with Crippen LogP contribution >= 0.6 is 0 Å². The van der Waals surface area contributed by atoms with Crippen molar-refractivity contribution >= 4 is 5.69 Å². The lowest BCUT2D eigenvalue weighted by atomic mass is 10.1. The normalized spacial score (nSPS) is 15.6. The van der Waals surface area contributed by atoms with Crippen LogP contribution in [0.15, 0.2) is 24.3 Å². The molecular formula is C16H26N2O. The second-order valence-electron chi connectivity index (χ2n) is 6.19. The molecule has 0 fully saturated rings. The molecule has 2 rings (SSSR count). The van der Waals surface area contributed by atoms with Gasteiger partial charge in [-0.15, -0.1) is 0 Å². The topological polar surface area (TPSA) is 24.5 Å². The first-order valence-electron chi connectivity index (χ1n) is 7.28. The molecule has 3 heteroatoms. The van der Waals surface area contributed by atoms with Crippen LogP contribution < -0.4 is 15.0 Å². The lowest BCUT2D eigenvalue weighted by Gasteiger charge is -2.25. The van der Waals surface area contributed by atoms with E-state index >= 15 is 0 Å². The van der Waals surface area contributed by atoms with E-state index in [1.165, 1.54) is 5.69 Å². The van der Waals surface area contributed by atoms with Crippen LogP contribution in [0.3, 0.4) is 0 Å². The molecule has 1 N–H and O–H groups in total. The number of anilines is 1. The van der Waals surface area contributed by atoms with Gasteiger partial charge in [0.15, 0.2) is 0 Å². The first-order chi connectivity index (χ1) is 9.06. The summed E-state index contributed by atoms with van der Waals surface area (Å²) < 4.78 is 5.78. The lowest BCUT2D eigenvalue weighted by Crippen LogP contribution is -2.38. The van der Waals surface area contributed by atoms with E-state index < -0.39 is 0 Å². The van der Waals surface area contributed by atoms with E-state index in [4.69, 9.17) is 4.74 Å². The zero-order valence-corrected chi connectivity index (χ0v) is 12.4. The summed E-state index contributed by atoms with van der Waals surface area (Å²) in [5.41, 5.74) is 1.45. The molecule has 0 spiro atoms. The maximum absolute atomic E-state index is 5.78. The fraction of sp³-hybridized carbons (Fsp3) is 0.625. The van der Waals surface area contributed by atoms with Crippen molar-refractivity contribution in [2.24, 2.45) is 0 Å². The molecule has 0 aliphatic carbocycles. The second-order valence-corrected chi connectivity index (χ2v) is 6.19. The van der Waals surface area contributed by atoms with Gasteiger partial charge >= 0.3 is 0 Å². The highest BCUT2D eigenvalue weighted by Crippen LogP contribution is 2.30. The van der Waals surface area contributed by atoms with Crippen molar-refractivity contribution in [1.29, 1.82) is 0 Å². The third kappa shape index (κ3) is 4.43. The molecule has 0 saturated carbocycles. The number of ether oxygens (including phenoxy) is 1. The minimum absolute atomic E-state index is 0.208. The van der Waals surface area contributed by atoms with Crippen LogP contribution in [0, 0.1) is 0 Å². The van der Waals surface area contributed by atoms with Gasteiger partial charge in [0.2, 0.25) is 0 Å². The molecule has 19 heavy (non-hydrogen) atoms. The number of rotatable bonds is 4. The Bertz CT molecular complexity index is 398. The van der Waals surface area contributed by atoms with E-state index in [9.17, 15) is 0 Å². The van der Waals surface area contributed by atoms with Crippen LogP contribution in [0.2, 0.25) is 0 Å². The minimum atomic E-state index is 0.208. The van der Waals surface area contributed by atoms with E-state index in [2.05, 4.69) is 49.2 Å². The first-order valence-corrected chi connectivity index (χ1v) is 7.28. The van der Waals surface area contributed by atoms with Gasteiger partial charge in [-0.3, -0.25) is 0 Å². The van der Waals surface area contributed by atoms with Gasteiger partial charge < -0.3 is 15.0 Å². The van der Waals surface area contributed by atoms with Crippen molar-refractivity contribution in [2.75, 3.05) is 31.1 Å². The summed E-state index contributed by atoms with van der Waals surface area (Å²) in [4.78, 5) is 2.45. The average molecular weight is 262 g/mol. The van der Waals surface area contributed by atoms with E-state index in [1.54, 1.807) is 0 Å². The first kappa shape index (κ1) is 14.2. The van der Waals surface area contributed by atoms with E-state index in [1.807, 2.05) is 6.07 Å². The van der Waals surface area contributed by atoms with Crippen molar-refractivity contribution in [1.82, 2.24) is 5.32 Å². The molecular weight excluding hydrogens is 236 g/mol. The molecule has 0 unspecified atom stereocenters. The Morgan fingerprint density at radius 1 is 1.26 bits per heavy atom. The van der Waals surface area contributed by atoms with Crippen LogP contribution in [-0.2, 0) is 0 Å². The molecule has 1 aliphatic rings. The maximum atomic E-state index is 5.78. The third-order valence-corrected chi connectivity index (χ3v) is 3.30. The maximum Gasteiger partial charge on any atom is 0.142 e. The highest BCUT2D eigenvalue weighted by Gasteiger charge is 2.15. The zero-order chi connectivity index (χ0) is 13.7. The fourth-order valence-corrected chi connectivity index (χ4v) is 2.36. The van der Waals surface area contributed by atoms with Gasteiger partial charge in [-0.05, 0) is 52.3 Å². The molecule has 3 nitrogen and oxygen atoms in total. The van der Waals surface area contributed by atoms with Crippen LogP contribution in [0.25, 0.3) is 0 Å². The molecule has 0 bridgehead atoms. The molecule has 1 aromatic carbocycles. The Morgan fingerprint density at radius 2 is 2.05 bits per heavy atom. The quantitative estimate of drug-likeness (QED) is 0.844. The summed E-state index contributed by atoms with van der Waals surface area (Å²) >= 11 is 0. The Balaban J connectivity index is 1.90. The van der Waals surface area contributed by atoms with Crippen molar-refractivity contribution < 1.29 is 4.74 Å². The molecule has 1 heterocycles. The van der Waals surface area contributed by atoms with Crippen LogP contribution in [-0.4, -0.2) is 31.8 Å². The van der Waals surface area contributed by atoms with Crippen molar-refractivity contribution in [3.8, 4) is 5.75 Å². The number of fused-ring (bicyclic) bond motifs is 1. The number of para-hydroxylation sites is 2. The van der Waals surface area contributed by atoms with Gasteiger partial charge in [0.05, 0.1) is 12.3 Å². The molecule has 0 aromatic heterocycles. The summed E-state index contributed by atoms with van der Waals surface area (Å²) in [7, 11) is 0. The van der Waals surface area contributed by atoms with Crippen LogP contribution in [0.1, 0.15) is 33.6 Å². The van der Waals surface area contributed by atoms with Crippen molar-refractivity contribution in [2.45, 2.75) is 39.2 Å². The molecule has 1 aliphatic heterocycles. The van der Waals surface area contributed by atoms with E-state index in [0.29, 0.717) is 0 Å². The molecule has 0 radical (unpaired) electrons. The Labute approximate surface area is 116 Å². The number of nitrogens with zero attached hydrogens (tertiary/aromatic N) is 1. The van der Waals surface area contributed by atoms with E-state index in [-0.39, 0.29) is 5.54 Å². The lowest BCUT2D eigenvalue weighted by molar-refractivity contribution is 0.322. The largest absolute Gasteiger partial charge is 0.491 e. The highest BCUT2D eigenvalue weighted by atomic mass is 16.5. The fourth-order valence-electron chi connectivity index (χ4n) is 2.36. The average Bonchev–Trinajstić information content (AvgIpc) is 2.56. The molecule has 0 atom stereocenters. The highest BCUT2D eigenvalue weighted by molar-refractivity contribution is 5.58. The van der Waals surface area contributed by atoms with Gasteiger partial charge in [-0.25, -0.2) is 0 Å². The third-order valence-electron chi connectivity index (χ3n) is 3.30. The Hall–Kier alpha value is -1.22. The van der Waals surface area contributed by atoms with Gasteiger partial charge in [-0.1, -0.05) is 12.1 Å². The number of hydrogen-bond acceptors (Lipinski definition) is 3. The van der Waals surface area contributed by atoms with Crippen molar-refractivity contribution in [3.05, 3.63) is 24.3 Å². The Morgan fingerprint density at radius 3 is 2.84 bits per heavy atom. The SMILES string of the molecule is CC(C)(C)NCCCN1CCCOc2ccccc21. The summed E-state index contributed by atoms with van der Waals surface area (Å²) in [6.07, 6.45) is 2.26. The summed E-state index contributed by atoms with van der Waals surface area (Å²) in [6.45, 7) is 10.7. The summed E-state index contributed by atoms with van der Waals surface area (Å²) in [5, 5.41) is 3.54. The van der Waals surface area contributed by atoms with Gasteiger partial charge in [0.25, 0.3) is 0 Å². The van der Waals surface area contributed by atoms with Gasteiger partial charge in [0, 0.05) is 18.6 Å². The number of nitrogens with one attached hydrogen (secondary N) is 1. The smallest absolute Gasteiger partial charge is 0.142 e. The molecule has 1 aromatic rings. The molecule has 0 amide bonds. The van der Waals surface area contributed by atoms with Crippen LogP contribution in [0.4, 0.5) is 5.69 Å². The Kier molecular flexibility index (Phi) is 4.70. The zero-order valence-electron chi connectivity index (χ0n) is 12.4. The predicted molar refractivity (Wildman–Crippen MR) is 81.1 cm³/mol. The summed E-state index contributed by atoms with van der Waals surface area (Å²) in [5.74, 6) is 1.03. The van der Waals surface area contributed by atoms with Crippen LogP contribution in [0.5, 0.6) is 5.75 Å². The van der Waals surface area contributed by atoms with E-state index in [0.717, 1.165) is 44.8 Å². The standard InChI is InChI=1S/C16H26N2O/c1-16(2,3)17-10-6-11-18-12-7-13-19-15-9-5-4-8-14(15)18/h4-5,8-9,17H,6-7,10-13H2,1-3H3. The predicted octanol–water partition coefficient (Wildman–Crippen LogP) is 3.05. The molecule has 106 valence electrons. The second kappa shape index (κ2) is 6.29.